The number of hydrogen-bond acceptors (Lipinski definition) is 9. The van der Waals surface area contributed by atoms with Crippen LogP contribution in [-0.2, 0) is 32.7 Å². The largest absolute Gasteiger partial charge is 0.756 e. The molecule has 268 valence electrons. The van der Waals surface area contributed by atoms with Crippen LogP contribution in [0, 0.1) is 5.92 Å². The molecule has 0 aromatic carbocycles. The number of phosphoric ester groups is 1. The second-order valence-electron chi connectivity index (χ2n) is 12.9. The standard InChI is InChI=1S/C35H70NO8P/c1-4-5-6-7-8-9-10-11-14-17-20-23-26-34(37)41-30-33(31-43-45(39,40)42-29-28-36)44-35(38)27-24-21-18-15-12-13-16-19-22-25-32(2)3/h32-33H,4-31,36H2,1-3H3,(H,39,40)/p-1/t33-/m0/s1. The predicted molar refractivity (Wildman–Crippen MR) is 181 cm³/mol. The van der Waals surface area contributed by atoms with Crippen molar-refractivity contribution < 1.29 is 37.6 Å². The highest BCUT2D eigenvalue weighted by Gasteiger charge is 2.21. The van der Waals surface area contributed by atoms with E-state index in [1.165, 1.54) is 96.3 Å². The van der Waals surface area contributed by atoms with Crippen LogP contribution < -0.4 is 10.6 Å². The van der Waals surface area contributed by atoms with Gasteiger partial charge >= 0.3 is 11.9 Å². The van der Waals surface area contributed by atoms with Crippen LogP contribution in [0.4, 0.5) is 0 Å². The first-order chi connectivity index (χ1) is 21.7. The highest BCUT2D eigenvalue weighted by molar-refractivity contribution is 7.45. The van der Waals surface area contributed by atoms with Crippen LogP contribution in [0.15, 0.2) is 0 Å². The molecule has 0 heterocycles. The number of ether oxygens (including phenoxy) is 2. The Balaban J connectivity index is 4.23. The van der Waals surface area contributed by atoms with Gasteiger partial charge in [-0.05, 0) is 18.8 Å². The summed E-state index contributed by atoms with van der Waals surface area (Å²) in [5.41, 5.74) is 5.29. The van der Waals surface area contributed by atoms with Gasteiger partial charge in [0.1, 0.15) is 6.61 Å². The summed E-state index contributed by atoms with van der Waals surface area (Å²) in [7, 11) is -4.61. The molecule has 0 fully saturated rings. The van der Waals surface area contributed by atoms with Crippen LogP contribution in [0.3, 0.4) is 0 Å². The second-order valence-corrected chi connectivity index (χ2v) is 14.3. The van der Waals surface area contributed by atoms with E-state index >= 15 is 0 Å². The molecule has 0 amide bonds. The molecule has 0 rings (SSSR count). The molecule has 1 unspecified atom stereocenters. The van der Waals surface area contributed by atoms with E-state index in [-0.39, 0.29) is 32.6 Å². The fraction of sp³-hybridized carbons (Fsp3) is 0.943. The highest BCUT2D eigenvalue weighted by atomic mass is 31.2. The van der Waals surface area contributed by atoms with Gasteiger partial charge in [-0.15, -0.1) is 0 Å². The highest BCUT2D eigenvalue weighted by Crippen LogP contribution is 2.38. The fourth-order valence-electron chi connectivity index (χ4n) is 5.16. The van der Waals surface area contributed by atoms with Gasteiger partial charge in [0.15, 0.2) is 6.10 Å². The van der Waals surface area contributed by atoms with Gasteiger partial charge < -0.3 is 29.1 Å². The molecule has 0 spiro atoms. The van der Waals surface area contributed by atoms with Gasteiger partial charge in [0.2, 0.25) is 0 Å². The van der Waals surface area contributed by atoms with Crippen LogP contribution in [-0.4, -0.2) is 44.4 Å². The zero-order chi connectivity index (χ0) is 33.4. The van der Waals surface area contributed by atoms with Crippen molar-refractivity contribution in [2.75, 3.05) is 26.4 Å². The first-order valence-electron chi connectivity index (χ1n) is 18.4. The van der Waals surface area contributed by atoms with Crippen LogP contribution in [0.2, 0.25) is 0 Å². The minimum atomic E-state index is -4.61. The van der Waals surface area contributed by atoms with Crippen molar-refractivity contribution in [3.8, 4) is 0 Å². The predicted octanol–water partition coefficient (Wildman–Crippen LogP) is 8.94. The first kappa shape index (κ1) is 44.0. The summed E-state index contributed by atoms with van der Waals surface area (Å²) in [6.45, 7) is 5.83. The van der Waals surface area contributed by atoms with Crippen molar-refractivity contribution in [3.63, 3.8) is 0 Å². The van der Waals surface area contributed by atoms with Crippen LogP contribution >= 0.6 is 7.82 Å². The molecular weight excluding hydrogens is 593 g/mol. The summed E-state index contributed by atoms with van der Waals surface area (Å²) in [5.74, 6) is -0.0747. The normalized spacial score (nSPS) is 13.6. The topological polar surface area (TPSA) is 137 Å². The number of nitrogens with two attached hydrogens (primary N) is 1. The minimum Gasteiger partial charge on any atom is -0.756 e. The molecule has 0 aliphatic heterocycles. The first-order valence-corrected chi connectivity index (χ1v) is 19.8. The number of carbonyl (C=O) groups is 2. The summed E-state index contributed by atoms with van der Waals surface area (Å²) in [6.07, 6.45) is 25.5. The molecule has 2 atom stereocenters. The maximum absolute atomic E-state index is 12.5. The summed E-state index contributed by atoms with van der Waals surface area (Å²) in [4.78, 5) is 36.7. The molecule has 0 radical (unpaired) electrons. The molecule has 2 N–H and O–H groups in total. The van der Waals surface area contributed by atoms with E-state index in [0.717, 1.165) is 44.4 Å². The fourth-order valence-corrected chi connectivity index (χ4v) is 5.92. The van der Waals surface area contributed by atoms with Crippen LogP contribution in [0.25, 0.3) is 0 Å². The van der Waals surface area contributed by atoms with Gasteiger partial charge in [0.25, 0.3) is 7.82 Å². The third-order valence-electron chi connectivity index (χ3n) is 7.91. The van der Waals surface area contributed by atoms with Crippen LogP contribution in [0.5, 0.6) is 0 Å². The molecule has 10 heteroatoms. The number of unbranched alkanes of at least 4 members (excludes halogenated alkanes) is 19. The molecule has 0 saturated heterocycles. The van der Waals surface area contributed by atoms with E-state index in [4.69, 9.17) is 19.7 Å². The molecule has 0 saturated carbocycles. The van der Waals surface area contributed by atoms with Gasteiger partial charge in [-0.2, -0.15) is 0 Å². The Morgan fingerprint density at radius 3 is 1.56 bits per heavy atom. The molecule has 0 aliphatic rings. The van der Waals surface area contributed by atoms with Crippen LogP contribution in [0.1, 0.15) is 175 Å². The van der Waals surface area contributed by atoms with Gasteiger partial charge in [-0.1, -0.05) is 149 Å². The Morgan fingerprint density at radius 2 is 1.09 bits per heavy atom. The van der Waals surface area contributed by atoms with Crippen molar-refractivity contribution in [1.29, 1.82) is 0 Å². The molecule has 9 nitrogen and oxygen atoms in total. The Kier molecular flexibility index (Phi) is 30.9. The average Bonchev–Trinajstić information content (AvgIpc) is 3.00. The number of esters is 2. The van der Waals surface area contributed by atoms with Crippen molar-refractivity contribution >= 4 is 19.8 Å². The van der Waals surface area contributed by atoms with E-state index in [9.17, 15) is 19.0 Å². The Labute approximate surface area is 276 Å². The molecular formula is C35H69NO8P-. The van der Waals surface area contributed by atoms with E-state index in [0.29, 0.717) is 6.42 Å². The summed E-state index contributed by atoms with van der Waals surface area (Å²) >= 11 is 0. The Bertz CT molecular complexity index is 736. The average molecular weight is 663 g/mol. The van der Waals surface area contributed by atoms with Gasteiger partial charge in [0, 0.05) is 19.4 Å². The van der Waals surface area contributed by atoms with Gasteiger partial charge in [-0.25, -0.2) is 0 Å². The van der Waals surface area contributed by atoms with Crippen molar-refractivity contribution in [3.05, 3.63) is 0 Å². The van der Waals surface area contributed by atoms with E-state index < -0.39 is 32.5 Å². The Hall–Kier alpha value is -0.990. The Morgan fingerprint density at radius 1 is 0.644 bits per heavy atom. The third-order valence-corrected chi connectivity index (χ3v) is 8.88. The molecule has 0 aliphatic carbocycles. The van der Waals surface area contributed by atoms with E-state index in [2.05, 4.69) is 25.3 Å². The molecule has 0 bridgehead atoms. The minimum absolute atomic E-state index is 0.0169. The maximum atomic E-state index is 12.5. The zero-order valence-corrected chi connectivity index (χ0v) is 30.1. The number of hydrogen-bond donors (Lipinski definition) is 1. The lowest BCUT2D eigenvalue weighted by Gasteiger charge is -2.25. The lowest BCUT2D eigenvalue weighted by molar-refractivity contribution is -0.228. The van der Waals surface area contributed by atoms with Crippen molar-refractivity contribution in [2.24, 2.45) is 11.7 Å². The quantitative estimate of drug-likeness (QED) is 0.0406. The zero-order valence-electron chi connectivity index (χ0n) is 29.2. The van der Waals surface area contributed by atoms with Gasteiger partial charge in [0.05, 0.1) is 13.2 Å². The molecule has 0 aromatic heterocycles. The smallest absolute Gasteiger partial charge is 0.306 e. The molecule has 45 heavy (non-hydrogen) atoms. The summed E-state index contributed by atoms with van der Waals surface area (Å²) in [5, 5.41) is 0. The molecule has 0 aromatic rings. The maximum Gasteiger partial charge on any atom is 0.306 e. The van der Waals surface area contributed by atoms with E-state index in [1.807, 2.05) is 0 Å². The summed E-state index contributed by atoms with van der Waals surface area (Å²) < 4.78 is 32.2. The number of rotatable bonds is 34. The van der Waals surface area contributed by atoms with Gasteiger partial charge in [-0.3, -0.25) is 14.2 Å². The van der Waals surface area contributed by atoms with Crippen molar-refractivity contribution in [1.82, 2.24) is 0 Å². The lowest BCUT2D eigenvalue weighted by Crippen LogP contribution is -2.30. The number of phosphoric acid groups is 1. The number of carbonyl (C=O) groups excluding carboxylic acids is 2. The monoisotopic (exact) mass is 662 g/mol. The summed E-state index contributed by atoms with van der Waals surface area (Å²) in [6, 6.07) is 0. The SMILES string of the molecule is CCCCCCCCCCCCCCC(=O)OC[C@@H](COP(=O)([O-])OCCN)OC(=O)CCCCCCCCCCCC(C)C. The van der Waals surface area contributed by atoms with E-state index in [1.54, 1.807) is 0 Å². The van der Waals surface area contributed by atoms with Crippen molar-refractivity contribution in [2.45, 2.75) is 181 Å². The third kappa shape index (κ3) is 32.7. The lowest BCUT2D eigenvalue weighted by atomic mass is 10.0. The second kappa shape index (κ2) is 31.6.